The molecule has 0 aromatic heterocycles. The van der Waals surface area contributed by atoms with Gasteiger partial charge in [-0.3, -0.25) is 28.5 Å². The molecule has 0 aliphatic carbocycles. The second kappa shape index (κ2) is 20.9. The van der Waals surface area contributed by atoms with E-state index in [4.69, 9.17) is 17.2 Å². The second-order valence-electron chi connectivity index (χ2n) is 11.4. The largest absolute Gasteiger partial charge is 0.469 e. The number of hydrogen-bond acceptors (Lipinski definition) is 10. The molecule has 0 fully saturated rings. The molecule has 44 heavy (non-hydrogen) atoms. The van der Waals surface area contributed by atoms with Crippen molar-refractivity contribution < 1.29 is 47.6 Å². The molecule has 17 nitrogen and oxygen atoms in total. The number of primary amides is 1. The van der Waals surface area contributed by atoms with Crippen molar-refractivity contribution >= 4 is 43.6 Å². The second-order valence-corrected chi connectivity index (χ2v) is 12.6. The van der Waals surface area contributed by atoms with Crippen LogP contribution in [0, 0.1) is 11.8 Å². The number of amides is 5. The van der Waals surface area contributed by atoms with Crippen molar-refractivity contribution in [3.05, 3.63) is 0 Å². The molecule has 0 bridgehead atoms. The molecule has 0 heterocycles. The van der Waals surface area contributed by atoms with Crippen molar-refractivity contribution in [3.8, 4) is 0 Å². The summed E-state index contributed by atoms with van der Waals surface area (Å²) in [5, 5.41) is 9.75. The summed E-state index contributed by atoms with van der Waals surface area (Å²) < 4.78 is 15.9. The van der Waals surface area contributed by atoms with Gasteiger partial charge in [-0.1, -0.05) is 34.1 Å². The summed E-state index contributed by atoms with van der Waals surface area (Å²) in [4.78, 5) is 93.2. The lowest BCUT2D eigenvalue weighted by atomic mass is 10.0. The minimum absolute atomic E-state index is 0.0681. The van der Waals surface area contributed by atoms with Gasteiger partial charge in [0.15, 0.2) is 0 Å². The van der Waals surface area contributed by atoms with Crippen molar-refractivity contribution in [1.82, 2.24) is 21.3 Å². The van der Waals surface area contributed by atoms with Crippen molar-refractivity contribution in [1.29, 1.82) is 0 Å². The summed E-state index contributed by atoms with van der Waals surface area (Å²) in [7, 11) is -5.10. The predicted octanol–water partition coefficient (Wildman–Crippen LogP) is -1.95. The van der Waals surface area contributed by atoms with Gasteiger partial charge in [-0.2, -0.15) is 0 Å². The average molecular weight is 652 g/mol. The zero-order valence-electron chi connectivity index (χ0n) is 25.8. The molecule has 254 valence electrons. The van der Waals surface area contributed by atoms with Gasteiger partial charge >= 0.3 is 7.82 Å². The van der Waals surface area contributed by atoms with Crippen LogP contribution in [0.25, 0.3) is 0 Å². The first-order valence-electron chi connectivity index (χ1n) is 14.5. The molecule has 0 rings (SSSR count). The van der Waals surface area contributed by atoms with Gasteiger partial charge in [-0.05, 0) is 50.5 Å². The molecule has 0 aliphatic rings. The Kier molecular flexibility index (Phi) is 19.5. The molecule has 0 unspecified atom stereocenters. The number of unbranched alkanes of at least 4 members (excludes halogenated alkanes) is 1. The molecule has 5 atom stereocenters. The van der Waals surface area contributed by atoms with Gasteiger partial charge in [-0.25, -0.2) is 4.57 Å². The third kappa shape index (κ3) is 18.7. The maximum absolute atomic E-state index is 13.3. The number of hydrogen-bond donors (Lipinski definition) is 9. The highest BCUT2D eigenvalue weighted by Gasteiger charge is 2.33. The number of carbonyl (C=O) groups excluding carboxylic acids is 6. The number of aldehydes is 1. The van der Waals surface area contributed by atoms with Crippen molar-refractivity contribution in [2.75, 3.05) is 13.2 Å². The Labute approximate surface area is 257 Å². The minimum atomic E-state index is -5.10. The highest BCUT2D eigenvalue weighted by atomic mass is 31.2. The van der Waals surface area contributed by atoms with E-state index in [-0.39, 0.29) is 37.5 Å². The van der Waals surface area contributed by atoms with Crippen molar-refractivity contribution in [3.63, 3.8) is 0 Å². The molecule has 0 aromatic carbocycles. The number of nitrogens with two attached hydrogens (primary N) is 3. The summed E-state index contributed by atoms with van der Waals surface area (Å²) in [6.45, 7) is 6.55. The minimum Gasteiger partial charge on any atom is -0.370 e. The Hall–Kier alpha value is -2.95. The maximum Gasteiger partial charge on any atom is 0.469 e. The standard InChI is InChI=1S/C26H50N7O10P/c1-15(2)11-19(24(37)30-17(13-34)8-9-22(29)35)32-26(39)21(14-43-44(40,41)42)33-25(38)20(12-16(3)4)31-23(36)18(28)7-5-6-10-27/h13,15-21H,5-12,14,27-28H2,1-4H3,(H2,29,35)(H,30,37)(H,31,36)(H,32,39)(H,33,38)(H2,40,41,42)/t17-,18-,19-,20-,21-/m0/s1. The SMILES string of the molecule is CC(C)C[C@H](NC(=O)[C@H](COP(=O)(O)O)NC(=O)[C@H](CC(C)C)NC(=O)[C@@H](N)CCCCN)C(=O)N[C@H](C=O)CCC(N)=O. The zero-order valence-corrected chi connectivity index (χ0v) is 26.7. The molecular weight excluding hydrogens is 601 g/mol. The van der Waals surface area contributed by atoms with Crippen molar-refractivity contribution in [2.45, 2.75) is 103 Å². The van der Waals surface area contributed by atoms with E-state index >= 15 is 0 Å². The molecule has 18 heteroatoms. The van der Waals surface area contributed by atoms with E-state index in [0.717, 1.165) is 0 Å². The smallest absolute Gasteiger partial charge is 0.370 e. The normalized spacial score (nSPS) is 15.0. The van der Waals surface area contributed by atoms with E-state index in [9.17, 15) is 43.1 Å². The van der Waals surface area contributed by atoms with Crippen molar-refractivity contribution in [2.24, 2.45) is 29.0 Å². The topological polar surface area (TPSA) is 295 Å². The Morgan fingerprint density at radius 2 is 1.27 bits per heavy atom. The van der Waals surface area contributed by atoms with Gasteiger partial charge in [-0.15, -0.1) is 0 Å². The van der Waals surface area contributed by atoms with Crippen LogP contribution in [0.2, 0.25) is 0 Å². The third-order valence-electron chi connectivity index (χ3n) is 6.22. The number of phosphoric acid groups is 1. The van der Waals surface area contributed by atoms with E-state index in [1.54, 1.807) is 27.7 Å². The summed E-state index contributed by atoms with van der Waals surface area (Å²) in [6, 6.07) is -6.11. The lowest BCUT2D eigenvalue weighted by Crippen LogP contribution is -2.59. The Balaban J connectivity index is 5.93. The van der Waals surface area contributed by atoms with Crippen LogP contribution >= 0.6 is 7.82 Å². The monoisotopic (exact) mass is 651 g/mol. The Morgan fingerprint density at radius 3 is 1.73 bits per heavy atom. The fourth-order valence-electron chi connectivity index (χ4n) is 3.98. The maximum atomic E-state index is 13.3. The van der Waals surface area contributed by atoms with E-state index in [1.165, 1.54) is 0 Å². The van der Waals surface area contributed by atoms with Crippen LogP contribution in [-0.4, -0.2) is 89.0 Å². The summed E-state index contributed by atoms with van der Waals surface area (Å²) in [5.41, 5.74) is 16.5. The quantitative estimate of drug-likeness (QED) is 0.0331. The highest BCUT2D eigenvalue weighted by Crippen LogP contribution is 2.35. The summed E-state index contributed by atoms with van der Waals surface area (Å²) in [6.07, 6.45) is 1.97. The lowest BCUT2D eigenvalue weighted by Gasteiger charge is -2.27. The average Bonchev–Trinajstić information content (AvgIpc) is 2.90. The van der Waals surface area contributed by atoms with Crippen LogP contribution in [-0.2, 0) is 37.9 Å². The van der Waals surface area contributed by atoms with Gasteiger partial charge in [0.1, 0.15) is 24.4 Å². The van der Waals surface area contributed by atoms with E-state index in [0.29, 0.717) is 32.1 Å². The first kappa shape index (κ1) is 41.0. The van der Waals surface area contributed by atoms with E-state index in [2.05, 4.69) is 25.8 Å². The number of nitrogens with one attached hydrogen (secondary N) is 4. The molecule has 0 aliphatic heterocycles. The predicted molar refractivity (Wildman–Crippen MR) is 160 cm³/mol. The molecule has 0 spiro atoms. The Morgan fingerprint density at radius 1 is 0.795 bits per heavy atom. The number of phosphoric ester groups is 1. The molecule has 0 radical (unpaired) electrons. The van der Waals surface area contributed by atoms with Gasteiger partial charge < -0.3 is 53.0 Å². The fourth-order valence-corrected chi connectivity index (χ4v) is 4.32. The van der Waals surface area contributed by atoms with Crippen LogP contribution in [0.3, 0.4) is 0 Å². The first-order valence-corrected chi connectivity index (χ1v) is 16.0. The zero-order chi connectivity index (χ0) is 34.0. The summed E-state index contributed by atoms with van der Waals surface area (Å²) >= 11 is 0. The van der Waals surface area contributed by atoms with E-state index in [1.807, 2.05) is 0 Å². The van der Waals surface area contributed by atoms with Crippen LogP contribution in [0.15, 0.2) is 0 Å². The van der Waals surface area contributed by atoms with Gasteiger partial charge in [0.25, 0.3) is 0 Å². The molecule has 0 saturated carbocycles. The molecule has 0 saturated heterocycles. The highest BCUT2D eigenvalue weighted by molar-refractivity contribution is 7.46. The van der Waals surface area contributed by atoms with Crippen LogP contribution in [0.1, 0.15) is 72.6 Å². The van der Waals surface area contributed by atoms with Gasteiger partial charge in [0.05, 0.1) is 18.7 Å². The fraction of sp³-hybridized carbons (Fsp3) is 0.769. The van der Waals surface area contributed by atoms with Crippen LogP contribution in [0.4, 0.5) is 0 Å². The van der Waals surface area contributed by atoms with Gasteiger partial charge in [0, 0.05) is 6.42 Å². The van der Waals surface area contributed by atoms with Crippen LogP contribution in [0.5, 0.6) is 0 Å². The summed E-state index contributed by atoms with van der Waals surface area (Å²) in [5.74, 6) is -4.19. The molecule has 0 aromatic rings. The number of rotatable bonds is 23. The first-order chi connectivity index (χ1) is 20.4. The lowest BCUT2D eigenvalue weighted by molar-refractivity contribution is -0.135. The number of carbonyl (C=O) groups is 6. The third-order valence-corrected chi connectivity index (χ3v) is 6.71. The molecule has 5 amide bonds. The molecular formula is C26H50N7O10P. The Bertz CT molecular complexity index is 1010. The molecule has 12 N–H and O–H groups in total. The van der Waals surface area contributed by atoms with Gasteiger partial charge in [0.2, 0.25) is 29.5 Å². The van der Waals surface area contributed by atoms with E-state index < -0.39 is 74.2 Å². The van der Waals surface area contributed by atoms with Crippen LogP contribution < -0.4 is 38.5 Å².